The van der Waals surface area contributed by atoms with Crippen LogP contribution in [0.25, 0.3) is 11.5 Å². The third-order valence-corrected chi connectivity index (χ3v) is 7.52. The maximum absolute atomic E-state index is 13.0. The summed E-state index contributed by atoms with van der Waals surface area (Å²) in [5, 5.41) is 2.19. The van der Waals surface area contributed by atoms with Gasteiger partial charge in [0.05, 0.1) is 29.4 Å². The van der Waals surface area contributed by atoms with Crippen LogP contribution < -0.4 is 5.32 Å². The Balaban J connectivity index is 1.65. The number of nitrogens with zero attached hydrogens (tertiary/aromatic N) is 1. The van der Waals surface area contributed by atoms with Gasteiger partial charge in [0.15, 0.2) is 9.84 Å². The lowest BCUT2D eigenvalue weighted by atomic mass is 10.1. The fourth-order valence-corrected chi connectivity index (χ4v) is 5.64. The lowest BCUT2D eigenvalue weighted by molar-refractivity contribution is 0.0504. The van der Waals surface area contributed by atoms with Crippen molar-refractivity contribution in [1.82, 2.24) is 10.3 Å². The molecule has 0 saturated heterocycles. The number of hydrogen-bond donors (Lipinski definition) is 1. The molecule has 1 aliphatic carbocycles. The second-order valence-electron chi connectivity index (χ2n) is 9.18. The summed E-state index contributed by atoms with van der Waals surface area (Å²) in [5.41, 5.74) is 0.751. The van der Waals surface area contributed by atoms with Crippen LogP contribution in [0.4, 0.5) is 4.79 Å². The van der Waals surface area contributed by atoms with E-state index in [2.05, 4.69) is 15.0 Å². The average molecular weight is 479 g/mol. The van der Waals surface area contributed by atoms with Crippen LogP contribution in [0.1, 0.15) is 61.8 Å². The van der Waals surface area contributed by atoms with Crippen LogP contribution in [0.5, 0.6) is 0 Å². The molecular formula is C23H30N2O7S. The maximum Gasteiger partial charge on any atom is 0.407 e. The fourth-order valence-electron chi connectivity index (χ4n) is 3.73. The Bertz CT molecular complexity index is 1110. The van der Waals surface area contributed by atoms with Crippen molar-refractivity contribution in [2.45, 2.75) is 69.6 Å². The molecule has 1 aromatic carbocycles. The number of amides is 1. The number of carbonyl (C=O) groups excluding carboxylic acids is 2. The summed E-state index contributed by atoms with van der Waals surface area (Å²) in [6, 6.07) is 6.27. The molecule has 0 radical (unpaired) electrons. The number of oxazole rings is 1. The van der Waals surface area contributed by atoms with E-state index in [9.17, 15) is 18.0 Å². The molecular weight excluding hydrogens is 448 g/mol. The number of benzene rings is 1. The number of carbonyl (C=O) groups is 2. The zero-order valence-corrected chi connectivity index (χ0v) is 20.3. The highest BCUT2D eigenvalue weighted by molar-refractivity contribution is 7.91. The van der Waals surface area contributed by atoms with E-state index in [0.29, 0.717) is 41.8 Å². The molecule has 10 heteroatoms. The normalized spacial score (nSPS) is 18.7. The smallest absolute Gasteiger partial charge is 0.407 e. The molecule has 1 N–H and O–H groups in total. The van der Waals surface area contributed by atoms with E-state index in [1.807, 2.05) is 0 Å². The lowest BCUT2D eigenvalue weighted by Gasteiger charge is -2.21. The van der Waals surface area contributed by atoms with Gasteiger partial charge in [0, 0.05) is 11.6 Å². The van der Waals surface area contributed by atoms with Crippen LogP contribution in [-0.4, -0.2) is 49.5 Å². The zero-order chi connectivity index (χ0) is 24.4. The molecule has 33 heavy (non-hydrogen) atoms. The van der Waals surface area contributed by atoms with Gasteiger partial charge in [-0.25, -0.2) is 23.0 Å². The van der Waals surface area contributed by atoms with E-state index in [4.69, 9.17) is 9.15 Å². The first-order chi connectivity index (χ1) is 15.4. The van der Waals surface area contributed by atoms with Crippen molar-refractivity contribution < 1.29 is 31.9 Å². The Kier molecular flexibility index (Phi) is 7.16. The van der Waals surface area contributed by atoms with Gasteiger partial charge in [-0.15, -0.1) is 0 Å². The molecule has 2 aromatic rings. The summed E-state index contributed by atoms with van der Waals surface area (Å²) in [6.45, 7) is 7.00. The SMILES string of the molecule is COC(=O)c1ccc(-c2nc(CS(=O)(=O)C3CCC(NC(=O)OC(C)(C)C)C3)c(C)o2)cc1. The second kappa shape index (κ2) is 9.54. The van der Waals surface area contributed by atoms with E-state index in [0.717, 1.165) is 0 Å². The number of rotatable bonds is 6. The lowest BCUT2D eigenvalue weighted by Crippen LogP contribution is -2.38. The number of alkyl carbamates (subject to hydrolysis) is 1. The predicted molar refractivity (Wildman–Crippen MR) is 121 cm³/mol. The van der Waals surface area contributed by atoms with Gasteiger partial charge in [0.1, 0.15) is 11.4 Å². The maximum atomic E-state index is 13.0. The molecule has 1 fully saturated rings. The number of aromatic nitrogens is 1. The van der Waals surface area contributed by atoms with Gasteiger partial charge in [0.25, 0.3) is 0 Å². The van der Waals surface area contributed by atoms with Crippen molar-refractivity contribution in [3.05, 3.63) is 41.3 Å². The molecule has 1 saturated carbocycles. The van der Waals surface area contributed by atoms with Crippen molar-refractivity contribution >= 4 is 21.9 Å². The molecule has 0 spiro atoms. The third kappa shape index (κ3) is 6.34. The van der Waals surface area contributed by atoms with Crippen LogP contribution in [0.2, 0.25) is 0 Å². The van der Waals surface area contributed by atoms with Gasteiger partial charge in [-0.3, -0.25) is 0 Å². The molecule has 2 atom stereocenters. The molecule has 2 unspecified atom stereocenters. The van der Waals surface area contributed by atoms with Crippen molar-refractivity contribution in [3.63, 3.8) is 0 Å². The highest BCUT2D eigenvalue weighted by atomic mass is 32.2. The monoisotopic (exact) mass is 478 g/mol. The third-order valence-electron chi connectivity index (χ3n) is 5.40. The summed E-state index contributed by atoms with van der Waals surface area (Å²) in [4.78, 5) is 28.0. The Morgan fingerprint density at radius 3 is 2.45 bits per heavy atom. The van der Waals surface area contributed by atoms with Gasteiger partial charge in [-0.2, -0.15) is 0 Å². The minimum absolute atomic E-state index is 0.244. The first-order valence-electron chi connectivity index (χ1n) is 10.7. The number of aryl methyl sites for hydroxylation is 1. The average Bonchev–Trinajstić information content (AvgIpc) is 3.33. The molecule has 0 aliphatic heterocycles. The van der Waals surface area contributed by atoms with Crippen molar-refractivity contribution in [2.24, 2.45) is 0 Å². The number of sulfone groups is 1. The largest absolute Gasteiger partial charge is 0.465 e. The summed E-state index contributed by atoms with van der Waals surface area (Å²) in [6.07, 6.45) is 0.821. The van der Waals surface area contributed by atoms with E-state index < -0.39 is 32.8 Å². The van der Waals surface area contributed by atoms with Gasteiger partial charge in [-0.1, -0.05) is 0 Å². The van der Waals surface area contributed by atoms with Crippen molar-refractivity contribution in [3.8, 4) is 11.5 Å². The highest BCUT2D eigenvalue weighted by Crippen LogP contribution is 2.30. The molecule has 1 aliphatic rings. The van der Waals surface area contributed by atoms with Gasteiger partial charge in [-0.05, 0) is 71.2 Å². The Labute approximate surface area is 193 Å². The highest BCUT2D eigenvalue weighted by Gasteiger charge is 2.36. The summed E-state index contributed by atoms with van der Waals surface area (Å²) in [7, 11) is -2.20. The standard InChI is InChI=1S/C23H30N2O7S/c1-14-19(25-20(31-14)15-6-8-16(9-7-15)21(26)30-5)13-33(28,29)18-11-10-17(12-18)24-22(27)32-23(2,3)4/h6-9,17-18H,10-13H2,1-5H3,(H,24,27). The van der Waals surface area contributed by atoms with Crippen LogP contribution in [0.15, 0.2) is 28.7 Å². The molecule has 3 rings (SSSR count). The molecule has 0 bridgehead atoms. The predicted octanol–water partition coefficient (Wildman–Crippen LogP) is 3.80. The number of hydrogen-bond acceptors (Lipinski definition) is 8. The first kappa shape index (κ1) is 24.8. The topological polar surface area (TPSA) is 125 Å². The van der Waals surface area contributed by atoms with Gasteiger partial charge < -0.3 is 19.2 Å². The molecule has 1 amide bonds. The van der Waals surface area contributed by atoms with E-state index in [1.54, 1.807) is 52.0 Å². The fraction of sp³-hybridized carbons (Fsp3) is 0.522. The van der Waals surface area contributed by atoms with Crippen molar-refractivity contribution in [1.29, 1.82) is 0 Å². The summed E-state index contributed by atoms with van der Waals surface area (Å²) in [5.74, 6) is 0.0110. The number of ether oxygens (including phenoxy) is 2. The van der Waals surface area contributed by atoms with Gasteiger partial charge >= 0.3 is 12.1 Å². The molecule has 9 nitrogen and oxygen atoms in total. The van der Waals surface area contributed by atoms with E-state index >= 15 is 0 Å². The molecule has 1 heterocycles. The van der Waals surface area contributed by atoms with Crippen LogP contribution in [0.3, 0.4) is 0 Å². The first-order valence-corrected chi connectivity index (χ1v) is 12.5. The zero-order valence-electron chi connectivity index (χ0n) is 19.5. The Hall–Kier alpha value is -2.88. The van der Waals surface area contributed by atoms with Crippen LogP contribution in [0, 0.1) is 6.92 Å². The summed E-state index contributed by atoms with van der Waals surface area (Å²) < 4.78 is 41.7. The molecule has 1 aromatic heterocycles. The second-order valence-corrected chi connectivity index (χ2v) is 11.5. The Morgan fingerprint density at radius 1 is 1.18 bits per heavy atom. The van der Waals surface area contributed by atoms with E-state index in [-0.39, 0.29) is 17.7 Å². The van der Waals surface area contributed by atoms with Crippen LogP contribution in [-0.2, 0) is 25.1 Å². The Morgan fingerprint density at radius 2 is 1.85 bits per heavy atom. The van der Waals surface area contributed by atoms with Crippen LogP contribution >= 0.6 is 0 Å². The number of methoxy groups -OCH3 is 1. The number of esters is 1. The summed E-state index contributed by atoms with van der Waals surface area (Å²) >= 11 is 0. The van der Waals surface area contributed by atoms with E-state index in [1.165, 1.54) is 7.11 Å². The quantitative estimate of drug-likeness (QED) is 0.622. The van der Waals surface area contributed by atoms with Crippen molar-refractivity contribution in [2.75, 3.05) is 7.11 Å². The minimum Gasteiger partial charge on any atom is -0.465 e. The minimum atomic E-state index is -3.51. The molecule has 180 valence electrons. The van der Waals surface area contributed by atoms with Gasteiger partial charge in [0.2, 0.25) is 5.89 Å². The number of nitrogens with one attached hydrogen (secondary N) is 1.